The van der Waals surface area contributed by atoms with Gasteiger partial charge in [-0.2, -0.15) is 0 Å². The van der Waals surface area contributed by atoms with Crippen LogP contribution in [-0.4, -0.2) is 58.3 Å². The maximum Gasteiger partial charge on any atom is 0.0945 e. The maximum atomic E-state index is 9.86. The molecule has 0 fully saturated rings. The molecule has 21 heavy (non-hydrogen) atoms. The van der Waals surface area contributed by atoms with Crippen molar-refractivity contribution in [3.8, 4) is 0 Å². The lowest BCUT2D eigenvalue weighted by molar-refractivity contribution is 0.0103. The molecule has 0 saturated heterocycles. The number of nitrogens with one attached hydrogen (secondary N) is 1. The number of rotatable bonds is 10. The van der Waals surface area contributed by atoms with Crippen LogP contribution < -0.4 is 10.2 Å². The molecule has 0 amide bonds. The first-order valence-corrected chi connectivity index (χ1v) is 7.40. The second-order valence-corrected chi connectivity index (χ2v) is 5.20. The molecule has 0 bridgehead atoms. The molecule has 0 spiro atoms. The number of benzene rings is 1. The lowest BCUT2D eigenvalue weighted by Crippen LogP contribution is -2.25. The van der Waals surface area contributed by atoms with E-state index >= 15 is 0 Å². The van der Waals surface area contributed by atoms with E-state index in [4.69, 9.17) is 9.47 Å². The van der Waals surface area contributed by atoms with Crippen molar-refractivity contribution in [3.05, 3.63) is 23.8 Å². The summed E-state index contributed by atoms with van der Waals surface area (Å²) in [5.74, 6) is 0. The molecule has 1 atom stereocenters. The number of aryl methyl sites for hydroxylation is 1. The van der Waals surface area contributed by atoms with Gasteiger partial charge in [-0.05, 0) is 31.5 Å². The van der Waals surface area contributed by atoms with Crippen molar-refractivity contribution < 1.29 is 14.6 Å². The molecule has 0 saturated carbocycles. The van der Waals surface area contributed by atoms with Crippen molar-refractivity contribution >= 4 is 11.4 Å². The monoisotopic (exact) mass is 296 g/mol. The number of hydrogen-bond acceptors (Lipinski definition) is 5. The second kappa shape index (κ2) is 9.60. The first-order valence-electron chi connectivity index (χ1n) is 7.40. The second-order valence-electron chi connectivity index (χ2n) is 5.20. The molecule has 0 radical (unpaired) electrons. The third-order valence-corrected chi connectivity index (χ3v) is 3.12. The van der Waals surface area contributed by atoms with Crippen LogP contribution in [0.5, 0.6) is 0 Å². The van der Waals surface area contributed by atoms with Gasteiger partial charge in [0.2, 0.25) is 0 Å². The van der Waals surface area contributed by atoms with Crippen LogP contribution in [-0.2, 0) is 9.47 Å². The van der Waals surface area contributed by atoms with Crippen LogP contribution in [0.15, 0.2) is 18.2 Å². The average Bonchev–Trinajstić information content (AvgIpc) is 2.46. The zero-order valence-corrected chi connectivity index (χ0v) is 13.6. The fraction of sp³-hybridized carbons (Fsp3) is 0.625. The molecule has 0 aliphatic rings. The number of ether oxygens (including phenoxy) is 2. The van der Waals surface area contributed by atoms with Gasteiger partial charge in [0.05, 0.1) is 25.9 Å². The minimum absolute atomic E-state index is 0.312. The number of aliphatic hydroxyl groups is 1. The molecule has 0 aliphatic carbocycles. The topological polar surface area (TPSA) is 54.0 Å². The summed E-state index contributed by atoms with van der Waals surface area (Å²) in [6, 6.07) is 6.17. The highest BCUT2D eigenvalue weighted by Gasteiger charge is 2.06. The van der Waals surface area contributed by atoms with Gasteiger partial charge in [0.25, 0.3) is 0 Å². The Kier molecular flexibility index (Phi) is 8.12. The Balaban J connectivity index is 2.32. The van der Waals surface area contributed by atoms with Gasteiger partial charge >= 0.3 is 0 Å². The predicted octanol–water partition coefficient (Wildman–Crippen LogP) is 1.89. The first kappa shape index (κ1) is 17.8. The third-order valence-electron chi connectivity index (χ3n) is 3.12. The van der Waals surface area contributed by atoms with Crippen molar-refractivity contribution in [3.63, 3.8) is 0 Å². The molecule has 1 rings (SSSR count). The van der Waals surface area contributed by atoms with Crippen molar-refractivity contribution in [1.82, 2.24) is 0 Å². The van der Waals surface area contributed by atoms with Crippen LogP contribution >= 0.6 is 0 Å². The van der Waals surface area contributed by atoms with E-state index in [0.717, 1.165) is 5.69 Å². The molecule has 0 aromatic heterocycles. The molecule has 2 N–H and O–H groups in total. The molecule has 1 aromatic carbocycles. The van der Waals surface area contributed by atoms with Gasteiger partial charge in [0, 0.05) is 38.6 Å². The third kappa shape index (κ3) is 6.80. The van der Waals surface area contributed by atoms with Gasteiger partial charge in [-0.1, -0.05) is 6.07 Å². The van der Waals surface area contributed by atoms with E-state index < -0.39 is 6.10 Å². The predicted molar refractivity (Wildman–Crippen MR) is 87.3 cm³/mol. The average molecular weight is 296 g/mol. The standard InChI is InChI=1S/C16H28N2O3/c1-5-20-8-9-21-12-15(19)11-17-14-7-6-13(2)16(10-14)18(3)4/h6-7,10,15,17,19H,5,8-9,11-12H2,1-4H3. The Morgan fingerprint density at radius 2 is 1.95 bits per heavy atom. The summed E-state index contributed by atoms with van der Waals surface area (Å²) in [7, 11) is 4.04. The minimum atomic E-state index is -0.532. The molecular formula is C16H28N2O3. The van der Waals surface area contributed by atoms with Gasteiger partial charge in [-0.15, -0.1) is 0 Å². The number of anilines is 2. The van der Waals surface area contributed by atoms with E-state index in [1.807, 2.05) is 27.1 Å². The Bertz CT molecular complexity index is 411. The zero-order valence-electron chi connectivity index (χ0n) is 13.6. The fourth-order valence-corrected chi connectivity index (χ4v) is 1.98. The summed E-state index contributed by atoms with van der Waals surface area (Å²) in [6.45, 7) is 6.58. The summed E-state index contributed by atoms with van der Waals surface area (Å²) in [6.07, 6.45) is -0.532. The van der Waals surface area contributed by atoms with E-state index in [1.54, 1.807) is 0 Å². The molecule has 5 heteroatoms. The molecule has 5 nitrogen and oxygen atoms in total. The van der Waals surface area contributed by atoms with Gasteiger partial charge in [-0.3, -0.25) is 0 Å². The normalized spacial score (nSPS) is 12.2. The lowest BCUT2D eigenvalue weighted by atomic mass is 10.1. The highest BCUT2D eigenvalue weighted by Crippen LogP contribution is 2.22. The molecule has 0 heterocycles. The quantitative estimate of drug-likeness (QED) is 0.646. The van der Waals surface area contributed by atoms with Crippen LogP contribution in [0.4, 0.5) is 11.4 Å². The van der Waals surface area contributed by atoms with Crippen molar-refractivity contribution in [2.75, 3.05) is 57.3 Å². The Morgan fingerprint density at radius 3 is 2.62 bits per heavy atom. The molecule has 0 aliphatic heterocycles. The van der Waals surface area contributed by atoms with E-state index in [0.29, 0.717) is 33.0 Å². The van der Waals surface area contributed by atoms with Crippen LogP contribution in [0.3, 0.4) is 0 Å². The van der Waals surface area contributed by atoms with Crippen molar-refractivity contribution in [2.24, 2.45) is 0 Å². The van der Waals surface area contributed by atoms with Crippen LogP contribution in [0.25, 0.3) is 0 Å². The summed E-state index contributed by atoms with van der Waals surface area (Å²) in [5.41, 5.74) is 3.39. The molecule has 1 unspecified atom stereocenters. The summed E-state index contributed by atoms with van der Waals surface area (Å²) in [5, 5.41) is 13.1. The number of aliphatic hydroxyl groups excluding tert-OH is 1. The molecular weight excluding hydrogens is 268 g/mol. The summed E-state index contributed by atoms with van der Waals surface area (Å²) in [4.78, 5) is 2.08. The number of nitrogens with zero attached hydrogens (tertiary/aromatic N) is 1. The van der Waals surface area contributed by atoms with Crippen LogP contribution in [0.1, 0.15) is 12.5 Å². The Morgan fingerprint density at radius 1 is 1.24 bits per heavy atom. The van der Waals surface area contributed by atoms with Gasteiger partial charge in [-0.25, -0.2) is 0 Å². The van der Waals surface area contributed by atoms with Gasteiger partial charge < -0.3 is 24.8 Å². The smallest absolute Gasteiger partial charge is 0.0945 e. The van der Waals surface area contributed by atoms with Crippen molar-refractivity contribution in [1.29, 1.82) is 0 Å². The van der Waals surface area contributed by atoms with Gasteiger partial charge in [0.15, 0.2) is 0 Å². The van der Waals surface area contributed by atoms with Crippen LogP contribution in [0, 0.1) is 6.92 Å². The van der Waals surface area contributed by atoms with E-state index in [9.17, 15) is 5.11 Å². The SMILES string of the molecule is CCOCCOCC(O)CNc1ccc(C)c(N(C)C)c1. The van der Waals surface area contributed by atoms with Crippen LogP contribution in [0.2, 0.25) is 0 Å². The zero-order chi connectivity index (χ0) is 15.7. The summed E-state index contributed by atoms with van der Waals surface area (Å²) >= 11 is 0. The van der Waals surface area contributed by atoms with Crippen molar-refractivity contribution in [2.45, 2.75) is 20.0 Å². The van der Waals surface area contributed by atoms with E-state index in [-0.39, 0.29) is 0 Å². The number of hydrogen-bond donors (Lipinski definition) is 2. The van der Waals surface area contributed by atoms with Gasteiger partial charge in [0.1, 0.15) is 0 Å². The van der Waals surface area contributed by atoms with E-state index in [2.05, 4.69) is 29.3 Å². The largest absolute Gasteiger partial charge is 0.389 e. The summed E-state index contributed by atoms with van der Waals surface area (Å²) < 4.78 is 10.5. The van der Waals surface area contributed by atoms with E-state index in [1.165, 1.54) is 11.3 Å². The molecule has 120 valence electrons. The first-order chi connectivity index (χ1) is 10.0. The highest BCUT2D eigenvalue weighted by molar-refractivity contribution is 5.61. The maximum absolute atomic E-state index is 9.86. The fourth-order valence-electron chi connectivity index (χ4n) is 1.98. The lowest BCUT2D eigenvalue weighted by Gasteiger charge is -2.18. The Labute approximate surface area is 127 Å². The Hall–Kier alpha value is -1.30. The minimum Gasteiger partial charge on any atom is -0.389 e. The highest BCUT2D eigenvalue weighted by atomic mass is 16.5. The molecule has 1 aromatic rings.